The van der Waals surface area contributed by atoms with Crippen LogP contribution >= 0.6 is 15.9 Å². The van der Waals surface area contributed by atoms with Gasteiger partial charge in [-0.05, 0) is 42.7 Å². The summed E-state index contributed by atoms with van der Waals surface area (Å²) in [6.45, 7) is 1.54. The number of fused-ring (bicyclic) bond motifs is 1. The minimum absolute atomic E-state index is 0.0474. The van der Waals surface area contributed by atoms with Crippen LogP contribution in [0.25, 0.3) is 16.7 Å². The summed E-state index contributed by atoms with van der Waals surface area (Å²) in [5.74, 6) is -1.11. The molecule has 1 amide bonds. The highest BCUT2D eigenvalue weighted by molar-refractivity contribution is 9.10. The molecule has 1 aliphatic heterocycles. The Hall–Kier alpha value is -3.54. The zero-order valence-corrected chi connectivity index (χ0v) is 20.9. The van der Waals surface area contributed by atoms with Crippen molar-refractivity contribution in [1.82, 2.24) is 25.1 Å². The van der Waals surface area contributed by atoms with Gasteiger partial charge in [0.05, 0.1) is 22.6 Å². The highest BCUT2D eigenvalue weighted by atomic mass is 79.9. The van der Waals surface area contributed by atoms with Crippen LogP contribution in [-0.2, 0) is 17.5 Å². The molecule has 1 atom stereocenters. The van der Waals surface area contributed by atoms with E-state index in [0.717, 1.165) is 35.0 Å². The first-order valence-corrected chi connectivity index (χ1v) is 12.3. The van der Waals surface area contributed by atoms with Crippen molar-refractivity contribution in [2.75, 3.05) is 18.0 Å². The van der Waals surface area contributed by atoms with Crippen molar-refractivity contribution in [3.63, 3.8) is 0 Å². The molecule has 0 saturated carbocycles. The van der Waals surface area contributed by atoms with Crippen LogP contribution in [0.2, 0.25) is 0 Å². The summed E-state index contributed by atoms with van der Waals surface area (Å²) in [5, 5.41) is 7.86. The second-order valence-electron chi connectivity index (χ2n) is 8.80. The van der Waals surface area contributed by atoms with Crippen molar-refractivity contribution in [1.29, 1.82) is 0 Å². The number of amides is 1. The van der Waals surface area contributed by atoms with Crippen molar-refractivity contribution in [3.05, 3.63) is 76.4 Å². The first-order valence-electron chi connectivity index (χ1n) is 11.5. The van der Waals surface area contributed by atoms with Crippen molar-refractivity contribution in [2.45, 2.75) is 25.6 Å². The van der Waals surface area contributed by atoms with E-state index >= 15 is 0 Å². The number of hydrogen-bond acceptors (Lipinski definition) is 5. The molecule has 0 aliphatic carbocycles. The standard InChI is InChI=1S/C25H21BrF4N6O/c26-17-5-3-15(4-6-17)11-31-24(37)16-2-1-9-35(12-16)23-19-13-36(34-22(19)32-14-33-23)18-7-8-20(21(27)10-18)25(28,29)30/h3-8,10,13-14,16H,1-2,9,11-12H2,(H,31,37). The van der Waals surface area contributed by atoms with Gasteiger partial charge in [0.25, 0.3) is 0 Å². The van der Waals surface area contributed by atoms with Crippen molar-refractivity contribution in [2.24, 2.45) is 5.92 Å². The molecule has 3 heterocycles. The number of halogens is 5. The molecule has 1 unspecified atom stereocenters. The minimum atomic E-state index is -4.79. The molecule has 1 aliphatic rings. The lowest BCUT2D eigenvalue weighted by atomic mass is 9.97. The van der Waals surface area contributed by atoms with Gasteiger partial charge in [0, 0.05) is 36.4 Å². The minimum Gasteiger partial charge on any atom is -0.355 e. The van der Waals surface area contributed by atoms with Crippen LogP contribution in [0.4, 0.5) is 23.4 Å². The molecule has 192 valence electrons. The van der Waals surface area contributed by atoms with Gasteiger partial charge >= 0.3 is 6.18 Å². The van der Waals surface area contributed by atoms with Gasteiger partial charge in [-0.25, -0.2) is 19.0 Å². The average molecular weight is 577 g/mol. The fourth-order valence-corrected chi connectivity index (χ4v) is 4.67. The third kappa shape index (κ3) is 5.43. The van der Waals surface area contributed by atoms with Crippen LogP contribution in [0.5, 0.6) is 0 Å². The number of alkyl halides is 3. The molecule has 0 radical (unpaired) electrons. The van der Waals surface area contributed by atoms with Gasteiger partial charge in [-0.15, -0.1) is 5.10 Å². The number of piperidine rings is 1. The van der Waals surface area contributed by atoms with Gasteiger partial charge in [-0.1, -0.05) is 28.1 Å². The topological polar surface area (TPSA) is 75.9 Å². The molecule has 12 heteroatoms. The lowest BCUT2D eigenvalue weighted by molar-refractivity contribution is -0.140. The van der Waals surface area contributed by atoms with Crippen LogP contribution < -0.4 is 10.2 Å². The number of anilines is 1. The molecular weight excluding hydrogens is 556 g/mol. The molecule has 0 bridgehead atoms. The smallest absolute Gasteiger partial charge is 0.355 e. The maximum absolute atomic E-state index is 14.1. The predicted octanol–water partition coefficient (Wildman–Crippen LogP) is 5.27. The van der Waals surface area contributed by atoms with E-state index in [4.69, 9.17) is 0 Å². The zero-order chi connectivity index (χ0) is 26.2. The largest absolute Gasteiger partial charge is 0.419 e. The maximum Gasteiger partial charge on any atom is 0.419 e. The van der Waals surface area contributed by atoms with Gasteiger partial charge < -0.3 is 10.2 Å². The summed E-state index contributed by atoms with van der Waals surface area (Å²) in [5.41, 5.74) is 0.0884. The van der Waals surface area contributed by atoms with E-state index in [0.29, 0.717) is 42.6 Å². The molecule has 5 rings (SSSR count). The summed E-state index contributed by atoms with van der Waals surface area (Å²) in [7, 11) is 0. The fraction of sp³-hybridized carbons (Fsp3) is 0.280. The number of aromatic nitrogens is 4. The molecule has 1 saturated heterocycles. The second kappa shape index (κ2) is 10.1. The fourth-order valence-electron chi connectivity index (χ4n) is 4.41. The first kappa shape index (κ1) is 25.1. The number of nitrogens with zero attached hydrogens (tertiary/aromatic N) is 5. The van der Waals surface area contributed by atoms with Gasteiger partial charge in [0.1, 0.15) is 18.0 Å². The first-order chi connectivity index (χ1) is 17.7. The monoisotopic (exact) mass is 576 g/mol. The van der Waals surface area contributed by atoms with Crippen molar-refractivity contribution in [3.8, 4) is 5.69 Å². The lowest BCUT2D eigenvalue weighted by Crippen LogP contribution is -2.43. The second-order valence-corrected chi connectivity index (χ2v) is 9.72. The van der Waals surface area contributed by atoms with E-state index in [-0.39, 0.29) is 17.5 Å². The molecule has 37 heavy (non-hydrogen) atoms. The lowest BCUT2D eigenvalue weighted by Gasteiger charge is -2.33. The molecule has 1 N–H and O–H groups in total. The van der Waals surface area contributed by atoms with E-state index < -0.39 is 17.6 Å². The van der Waals surface area contributed by atoms with Crippen LogP contribution in [0.15, 0.2) is 59.5 Å². The number of rotatable bonds is 5. The Balaban J connectivity index is 1.34. The Kier molecular flexibility index (Phi) is 6.84. The van der Waals surface area contributed by atoms with E-state index in [2.05, 4.69) is 36.3 Å². The Bertz CT molecular complexity index is 1440. The molecule has 4 aromatic rings. The maximum atomic E-state index is 14.1. The van der Waals surface area contributed by atoms with Crippen LogP contribution in [0.3, 0.4) is 0 Å². The molecule has 0 spiro atoms. The Morgan fingerprint density at radius 3 is 2.65 bits per heavy atom. The number of carbonyl (C=O) groups is 1. The third-order valence-corrected chi connectivity index (χ3v) is 6.82. The van der Waals surface area contributed by atoms with E-state index in [1.165, 1.54) is 11.0 Å². The number of hydrogen-bond donors (Lipinski definition) is 1. The van der Waals surface area contributed by atoms with Crippen LogP contribution in [0, 0.1) is 11.7 Å². The SMILES string of the molecule is O=C(NCc1ccc(Br)cc1)C1CCCN(c2ncnc3nn(-c4ccc(C(F)(F)F)c(F)c4)cc23)C1. The van der Waals surface area contributed by atoms with Crippen molar-refractivity contribution >= 4 is 38.7 Å². The highest BCUT2D eigenvalue weighted by Gasteiger charge is 2.34. The molecule has 7 nitrogen and oxygen atoms in total. The summed E-state index contributed by atoms with van der Waals surface area (Å²) in [4.78, 5) is 23.4. The number of nitrogens with one attached hydrogen (secondary N) is 1. The number of benzene rings is 2. The molecule has 1 fully saturated rings. The molecule has 2 aromatic carbocycles. The summed E-state index contributed by atoms with van der Waals surface area (Å²) < 4.78 is 55.2. The van der Waals surface area contributed by atoms with Crippen LogP contribution in [-0.4, -0.2) is 38.7 Å². The van der Waals surface area contributed by atoms with E-state index in [9.17, 15) is 22.4 Å². The van der Waals surface area contributed by atoms with Crippen LogP contribution in [0.1, 0.15) is 24.0 Å². The average Bonchev–Trinajstić information content (AvgIpc) is 3.32. The Morgan fingerprint density at radius 2 is 1.92 bits per heavy atom. The quantitative estimate of drug-likeness (QED) is 0.328. The summed E-state index contributed by atoms with van der Waals surface area (Å²) in [6, 6.07) is 10.3. The Morgan fingerprint density at radius 1 is 1.14 bits per heavy atom. The van der Waals surface area contributed by atoms with E-state index in [1.807, 2.05) is 29.2 Å². The predicted molar refractivity (Wildman–Crippen MR) is 133 cm³/mol. The Labute approximate surface area is 217 Å². The normalized spacial score (nSPS) is 16.2. The number of carbonyl (C=O) groups excluding carboxylic acids is 1. The summed E-state index contributed by atoms with van der Waals surface area (Å²) >= 11 is 3.39. The van der Waals surface area contributed by atoms with E-state index in [1.54, 1.807) is 6.20 Å². The zero-order valence-electron chi connectivity index (χ0n) is 19.3. The van der Waals surface area contributed by atoms with Gasteiger partial charge in [0.2, 0.25) is 5.91 Å². The molecular formula is C25H21BrF4N6O. The summed E-state index contributed by atoms with van der Waals surface area (Å²) in [6.07, 6.45) is -0.365. The third-order valence-electron chi connectivity index (χ3n) is 6.29. The van der Waals surface area contributed by atoms with Gasteiger partial charge in [-0.2, -0.15) is 13.2 Å². The molecule has 2 aromatic heterocycles. The highest BCUT2D eigenvalue weighted by Crippen LogP contribution is 2.33. The van der Waals surface area contributed by atoms with Crippen molar-refractivity contribution < 1.29 is 22.4 Å². The van der Waals surface area contributed by atoms with Gasteiger partial charge in [-0.3, -0.25) is 4.79 Å². The van der Waals surface area contributed by atoms with Gasteiger partial charge in [0.15, 0.2) is 5.65 Å².